The van der Waals surface area contributed by atoms with Crippen molar-refractivity contribution in [3.63, 3.8) is 0 Å². The number of benzene rings is 1. The SMILES string of the molecule is Fc1ccc([C@H](CNC(=S)N[C@@H]2C[C@@H]3CC[C@@H]2C3)N2CCOCC2)cc1. The molecule has 142 valence electrons. The second-order valence-electron chi connectivity index (χ2n) is 7.85. The average molecular weight is 378 g/mol. The third kappa shape index (κ3) is 4.18. The van der Waals surface area contributed by atoms with E-state index in [1.165, 1.54) is 37.8 Å². The van der Waals surface area contributed by atoms with E-state index in [2.05, 4.69) is 15.5 Å². The van der Waals surface area contributed by atoms with Crippen molar-refractivity contribution >= 4 is 17.3 Å². The highest BCUT2D eigenvalue weighted by molar-refractivity contribution is 7.80. The Labute approximate surface area is 160 Å². The third-order valence-corrected chi connectivity index (χ3v) is 6.51. The van der Waals surface area contributed by atoms with E-state index < -0.39 is 0 Å². The fraction of sp³-hybridized carbons (Fsp3) is 0.650. The second kappa shape index (κ2) is 8.19. The molecule has 1 aromatic rings. The second-order valence-corrected chi connectivity index (χ2v) is 8.26. The van der Waals surface area contributed by atoms with Gasteiger partial charge in [0, 0.05) is 25.7 Å². The number of hydrogen-bond donors (Lipinski definition) is 2. The first-order valence-corrected chi connectivity index (χ1v) is 10.2. The Kier molecular flexibility index (Phi) is 5.72. The summed E-state index contributed by atoms with van der Waals surface area (Å²) in [5.41, 5.74) is 1.11. The van der Waals surface area contributed by atoms with Crippen molar-refractivity contribution in [3.05, 3.63) is 35.6 Å². The summed E-state index contributed by atoms with van der Waals surface area (Å²) < 4.78 is 18.8. The number of thiocarbonyl (C=S) groups is 1. The number of rotatable bonds is 5. The van der Waals surface area contributed by atoms with Gasteiger partial charge in [-0.25, -0.2) is 4.39 Å². The van der Waals surface area contributed by atoms with Gasteiger partial charge in [-0.15, -0.1) is 0 Å². The van der Waals surface area contributed by atoms with E-state index in [4.69, 9.17) is 17.0 Å². The number of ether oxygens (including phenoxy) is 1. The first-order valence-electron chi connectivity index (χ1n) is 9.80. The Morgan fingerprint density at radius 2 is 1.96 bits per heavy atom. The Hall–Kier alpha value is -1.24. The molecule has 2 saturated carbocycles. The van der Waals surface area contributed by atoms with Gasteiger partial charge in [-0.1, -0.05) is 18.6 Å². The first-order chi connectivity index (χ1) is 12.7. The molecule has 0 radical (unpaired) electrons. The van der Waals surface area contributed by atoms with Gasteiger partial charge in [0.25, 0.3) is 0 Å². The minimum atomic E-state index is -0.198. The van der Waals surface area contributed by atoms with E-state index in [0.717, 1.165) is 55.4 Å². The van der Waals surface area contributed by atoms with E-state index in [1.54, 1.807) is 0 Å². The smallest absolute Gasteiger partial charge is 0.166 e. The standard InChI is InChI=1S/C20H28FN3OS/c21-17-5-3-15(4-6-17)19(24-7-9-25-10-8-24)13-22-20(26)23-18-12-14-1-2-16(18)11-14/h3-6,14,16,18-19H,1-2,7-13H2,(H2,22,23,26)/t14-,16-,18-,19+/m1/s1. The Balaban J connectivity index is 1.36. The first kappa shape index (κ1) is 18.1. The van der Waals surface area contributed by atoms with Crippen LogP contribution in [-0.2, 0) is 4.74 Å². The highest BCUT2D eigenvalue weighted by atomic mass is 32.1. The van der Waals surface area contributed by atoms with Crippen LogP contribution in [0, 0.1) is 17.7 Å². The zero-order chi connectivity index (χ0) is 17.9. The molecule has 3 fully saturated rings. The molecule has 1 aliphatic heterocycles. The molecule has 0 aromatic heterocycles. The molecule has 1 saturated heterocycles. The Morgan fingerprint density at radius 1 is 1.19 bits per heavy atom. The van der Waals surface area contributed by atoms with Crippen LogP contribution in [0.3, 0.4) is 0 Å². The average Bonchev–Trinajstić information content (AvgIpc) is 3.27. The predicted molar refractivity (Wildman–Crippen MR) is 105 cm³/mol. The number of halogens is 1. The minimum absolute atomic E-state index is 0.166. The van der Waals surface area contributed by atoms with Gasteiger partial charge in [0.1, 0.15) is 5.82 Å². The summed E-state index contributed by atoms with van der Waals surface area (Å²) >= 11 is 5.57. The molecule has 2 bridgehead atoms. The molecule has 26 heavy (non-hydrogen) atoms. The van der Waals surface area contributed by atoms with Crippen LogP contribution >= 0.6 is 12.2 Å². The fourth-order valence-corrected chi connectivity index (χ4v) is 5.10. The summed E-state index contributed by atoms with van der Waals surface area (Å²) in [5.74, 6) is 1.50. The van der Waals surface area contributed by atoms with Crippen molar-refractivity contribution in [3.8, 4) is 0 Å². The summed E-state index contributed by atoms with van der Waals surface area (Å²) in [7, 11) is 0. The molecule has 2 N–H and O–H groups in total. The van der Waals surface area contributed by atoms with Gasteiger partial charge >= 0.3 is 0 Å². The van der Waals surface area contributed by atoms with E-state index in [9.17, 15) is 4.39 Å². The quantitative estimate of drug-likeness (QED) is 0.772. The molecule has 2 aliphatic carbocycles. The molecule has 1 heterocycles. The lowest BCUT2D eigenvalue weighted by Gasteiger charge is -2.35. The Bertz CT molecular complexity index is 620. The minimum Gasteiger partial charge on any atom is -0.379 e. The molecule has 6 heteroatoms. The largest absolute Gasteiger partial charge is 0.379 e. The molecule has 3 aliphatic rings. The van der Waals surface area contributed by atoms with Gasteiger partial charge in [0.15, 0.2) is 5.11 Å². The lowest BCUT2D eigenvalue weighted by atomic mass is 9.95. The van der Waals surface area contributed by atoms with Crippen molar-refractivity contribution in [2.24, 2.45) is 11.8 Å². The van der Waals surface area contributed by atoms with Gasteiger partial charge in [0.2, 0.25) is 0 Å². The van der Waals surface area contributed by atoms with Crippen LogP contribution in [0.1, 0.15) is 37.3 Å². The van der Waals surface area contributed by atoms with E-state index in [-0.39, 0.29) is 11.9 Å². The lowest BCUT2D eigenvalue weighted by molar-refractivity contribution is 0.0170. The van der Waals surface area contributed by atoms with Crippen molar-refractivity contribution in [1.29, 1.82) is 0 Å². The highest BCUT2D eigenvalue weighted by Crippen LogP contribution is 2.44. The van der Waals surface area contributed by atoms with Gasteiger partial charge in [-0.05, 0) is 61.0 Å². The summed E-state index contributed by atoms with van der Waals surface area (Å²) in [6.45, 7) is 3.97. The van der Waals surface area contributed by atoms with Crippen molar-refractivity contribution in [2.75, 3.05) is 32.8 Å². The normalized spacial score (nSPS) is 29.5. The van der Waals surface area contributed by atoms with Gasteiger partial charge < -0.3 is 15.4 Å². The van der Waals surface area contributed by atoms with Crippen LogP contribution in [0.25, 0.3) is 0 Å². The summed E-state index contributed by atoms with van der Waals surface area (Å²) in [6, 6.07) is 7.54. The predicted octanol–water partition coefficient (Wildman–Crippen LogP) is 2.85. The summed E-state index contributed by atoms with van der Waals surface area (Å²) in [5, 5.41) is 7.72. The topological polar surface area (TPSA) is 36.5 Å². The zero-order valence-electron chi connectivity index (χ0n) is 15.1. The van der Waals surface area contributed by atoms with Crippen LogP contribution in [0.15, 0.2) is 24.3 Å². The van der Waals surface area contributed by atoms with E-state index >= 15 is 0 Å². The maximum atomic E-state index is 13.3. The molecule has 1 aromatic carbocycles. The zero-order valence-corrected chi connectivity index (χ0v) is 15.9. The van der Waals surface area contributed by atoms with E-state index in [0.29, 0.717) is 6.04 Å². The van der Waals surface area contributed by atoms with Crippen molar-refractivity contribution in [1.82, 2.24) is 15.5 Å². The third-order valence-electron chi connectivity index (χ3n) is 6.25. The van der Waals surface area contributed by atoms with Crippen molar-refractivity contribution in [2.45, 2.75) is 37.8 Å². The number of fused-ring (bicyclic) bond motifs is 2. The maximum absolute atomic E-state index is 13.3. The number of morpholine rings is 1. The molecular weight excluding hydrogens is 349 g/mol. The van der Waals surface area contributed by atoms with E-state index in [1.807, 2.05) is 12.1 Å². The molecular formula is C20H28FN3OS. The molecule has 0 unspecified atom stereocenters. The molecule has 4 atom stereocenters. The summed E-state index contributed by atoms with van der Waals surface area (Å²) in [4.78, 5) is 2.39. The monoisotopic (exact) mass is 377 g/mol. The number of hydrogen-bond acceptors (Lipinski definition) is 3. The van der Waals surface area contributed by atoms with Crippen LogP contribution in [0.4, 0.5) is 4.39 Å². The highest BCUT2D eigenvalue weighted by Gasteiger charge is 2.39. The Morgan fingerprint density at radius 3 is 2.62 bits per heavy atom. The molecule has 4 nitrogen and oxygen atoms in total. The van der Waals surface area contributed by atoms with Crippen LogP contribution in [-0.4, -0.2) is 48.9 Å². The molecule has 4 rings (SSSR count). The molecule has 0 spiro atoms. The summed E-state index contributed by atoms with van der Waals surface area (Å²) in [6.07, 6.45) is 5.37. The van der Waals surface area contributed by atoms with Gasteiger partial charge in [-0.2, -0.15) is 0 Å². The molecule has 0 amide bonds. The van der Waals surface area contributed by atoms with Crippen LogP contribution < -0.4 is 10.6 Å². The van der Waals surface area contributed by atoms with Gasteiger partial charge in [-0.3, -0.25) is 4.90 Å². The van der Waals surface area contributed by atoms with Gasteiger partial charge in [0.05, 0.1) is 19.3 Å². The van der Waals surface area contributed by atoms with Crippen molar-refractivity contribution < 1.29 is 9.13 Å². The number of nitrogens with zero attached hydrogens (tertiary/aromatic N) is 1. The van der Waals surface area contributed by atoms with Crippen LogP contribution in [0.2, 0.25) is 0 Å². The number of nitrogens with one attached hydrogen (secondary N) is 2. The fourth-order valence-electron chi connectivity index (χ4n) is 4.86. The van der Waals surface area contributed by atoms with Crippen LogP contribution in [0.5, 0.6) is 0 Å². The lowest BCUT2D eigenvalue weighted by Crippen LogP contribution is -2.48. The maximum Gasteiger partial charge on any atom is 0.166 e.